The van der Waals surface area contributed by atoms with Crippen molar-refractivity contribution in [3.63, 3.8) is 0 Å². The number of benzene rings is 1. The van der Waals surface area contributed by atoms with Crippen LogP contribution < -0.4 is 4.74 Å². The standard InChI is InChI=1S/C19H24ClNO3/c1-3-22-19(23-4-2)16-9-7-15(8-10-16)6-5-13-24-17-11-12-18(20)21-14-17/h7-12,14,19H,3-6,13H2,1-2H3. The zero-order valence-electron chi connectivity index (χ0n) is 14.2. The molecule has 24 heavy (non-hydrogen) atoms. The van der Waals surface area contributed by atoms with Crippen molar-refractivity contribution in [1.82, 2.24) is 4.98 Å². The van der Waals surface area contributed by atoms with Crippen LogP contribution >= 0.6 is 11.6 Å². The zero-order chi connectivity index (χ0) is 17.2. The van der Waals surface area contributed by atoms with E-state index in [0.29, 0.717) is 25.0 Å². The summed E-state index contributed by atoms with van der Waals surface area (Å²) in [6.07, 6.45) is 3.24. The van der Waals surface area contributed by atoms with Gasteiger partial charge < -0.3 is 14.2 Å². The van der Waals surface area contributed by atoms with Gasteiger partial charge in [0.05, 0.1) is 12.8 Å². The highest BCUT2D eigenvalue weighted by Gasteiger charge is 2.10. The Hall–Kier alpha value is -1.62. The molecule has 4 nitrogen and oxygen atoms in total. The number of halogens is 1. The molecule has 1 aromatic heterocycles. The maximum atomic E-state index is 5.74. The molecule has 0 bridgehead atoms. The summed E-state index contributed by atoms with van der Waals surface area (Å²) in [4.78, 5) is 3.99. The van der Waals surface area contributed by atoms with Crippen LogP contribution in [0.25, 0.3) is 0 Å². The molecule has 2 aromatic rings. The molecule has 0 amide bonds. The van der Waals surface area contributed by atoms with Gasteiger partial charge in [0.25, 0.3) is 0 Å². The summed E-state index contributed by atoms with van der Waals surface area (Å²) in [5.41, 5.74) is 2.31. The highest BCUT2D eigenvalue weighted by atomic mass is 35.5. The average molecular weight is 350 g/mol. The molecule has 130 valence electrons. The lowest BCUT2D eigenvalue weighted by molar-refractivity contribution is -0.140. The number of aryl methyl sites for hydroxylation is 1. The fraction of sp³-hybridized carbons (Fsp3) is 0.421. The Bertz CT molecular complexity index is 581. The van der Waals surface area contributed by atoms with Gasteiger partial charge in [-0.15, -0.1) is 0 Å². The van der Waals surface area contributed by atoms with E-state index in [1.54, 1.807) is 12.3 Å². The first-order valence-corrected chi connectivity index (χ1v) is 8.67. The van der Waals surface area contributed by atoms with Gasteiger partial charge in [-0.25, -0.2) is 4.98 Å². The highest BCUT2D eigenvalue weighted by Crippen LogP contribution is 2.20. The number of aromatic nitrogens is 1. The van der Waals surface area contributed by atoms with E-state index in [0.717, 1.165) is 24.2 Å². The topological polar surface area (TPSA) is 40.6 Å². The number of ether oxygens (including phenoxy) is 3. The molecule has 0 aliphatic rings. The van der Waals surface area contributed by atoms with E-state index in [1.807, 2.05) is 19.9 Å². The second-order valence-corrected chi connectivity index (χ2v) is 5.64. The predicted molar refractivity (Wildman–Crippen MR) is 95.5 cm³/mol. The third kappa shape index (κ3) is 6.11. The van der Waals surface area contributed by atoms with E-state index < -0.39 is 0 Å². The molecule has 5 heteroatoms. The van der Waals surface area contributed by atoms with Gasteiger partial charge in [-0.1, -0.05) is 35.9 Å². The molecule has 0 spiro atoms. The molecule has 0 radical (unpaired) electrons. The fourth-order valence-electron chi connectivity index (χ4n) is 2.30. The fourth-order valence-corrected chi connectivity index (χ4v) is 2.41. The van der Waals surface area contributed by atoms with E-state index in [2.05, 4.69) is 29.2 Å². The summed E-state index contributed by atoms with van der Waals surface area (Å²) in [6, 6.07) is 11.9. The molecule has 0 aliphatic heterocycles. The largest absolute Gasteiger partial charge is 0.492 e. The van der Waals surface area contributed by atoms with Crippen LogP contribution in [0.1, 0.15) is 37.7 Å². The molecule has 0 fully saturated rings. The molecule has 1 aromatic carbocycles. The Morgan fingerprint density at radius 1 is 1.00 bits per heavy atom. The van der Waals surface area contributed by atoms with Crippen molar-refractivity contribution in [2.75, 3.05) is 19.8 Å². The molecule has 0 saturated heterocycles. The molecule has 0 aliphatic carbocycles. The maximum absolute atomic E-state index is 5.74. The predicted octanol–water partition coefficient (Wildman–Crippen LogP) is 4.82. The number of rotatable bonds is 10. The minimum Gasteiger partial charge on any atom is -0.492 e. The van der Waals surface area contributed by atoms with Crippen LogP contribution in [0.4, 0.5) is 0 Å². The Morgan fingerprint density at radius 3 is 2.29 bits per heavy atom. The van der Waals surface area contributed by atoms with Crippen LogP contribution in [0.5, 0.6) is 5.75 Å². The van der Waals surface area contributed by atoms with Gasteiger partial charge in [-0.05, 0) is 44.4 Å². The van der Waals surface area contributed by atoms with Gasteiger partial charge in [0, 0.05) is 18.8 Å². The van der Waals surface area contributed by atoms with Crippen LogP contribution in [-0.4, -0.2) is 24.8 Å². The van der Waals surface area contributed by atoms with Gasteiger partial charge in [0.2, 0.25) is 0 Å². The lowest BCUT2D eigenvalue weighted by atomic mass is 10.1. The molecule has 0 atom stereocenters. The molecule has 0 N–H and O–H groups in total. The van der Waals surface area contributed by atoms with E-state index in [9.17, 15) is 0 Å². The van der Waals surface area contributed by atoms with Crippen molar-refractivity contribution in [2.45, 2.75) is 33.0 Å². The van der Waals surface area contributed by atoms with Gasteiger partial charge in [-0.2, -0.15) is 0 Å². The van der Waals surface area contributed by atoms with Gasteiger partial charge >= 0.3 is 0 Å². The van der Waals surface area contributed by atoms with E-state index in [1.165, 1.54) is 5.56 Å². The van der Waals surface area contributed by atoms with E-state index in [-0.39, 0.29) is 6.29 Å². The molecule has 2 rings (SSSR count). The van der Waals surface area contributed by atoms with Gasteiger partial charge in [0.15, 0.2) is 6.29 Å². The number of hydrogen-bond donors (Lipinski definition) is 0. The van der Waals surface area contributed by atoms with Crippen molar-refractivity contribution < 1.29 is 14.2 Å². The Morgan fingerprint density at radius 2 is 1.71 bits per heavy atom. The van der Waals surface area contributed by atoms with Crippen molar-refractivity contribution in [3.8, 4) is 5.75 Å². The lowest BCUT2D eigenvalue weighted by Gasteiger charge is -2.17. The first-order chi connectivity index (χ1) is 11.7. The smallest absolute Gasteiger partial charge is 0.183 e. The monoisotopic (exact) mass is 349 g/mol. The van der Waals surface area contributed by atoms with Gasteiger partial charge in [0.1, 0.15) is 10.9 Å². The van der Waals surface area contributed by atoms with Crippen LogP contribution in [0.2, 0.25) is 5.15 Å². The minimum atomic E-state index is -0.283. The summed E-state index contributed by atoms with van der Waals surface area (Å²) in [5, 5.41) is 0.472. The van der Waals surface area contributed by atoms with Crippen molar-refractivity contribution in [3.05, 3.63) is 58.9 Å². The highest BCUT2D eigenvalue weighted by molar-refractivity contribution is 6.29. The van der Waals surface area contributed by atoms with Crippen LogP contribution in [0, 0.1) is 0 Å². The number of nitrogens with zero attached hydrogens (tertiary/aromatic N) is 1. The second-order valence-electron chi connectivity index (χ2n) is 5.25. The molecule has 1 heterocycles. The maximum Gasteiger partial charge on any atom is 0.183 e. The summed E-state index contributed by atoms with van der Waals surface area (Å²) >= 11 is 5.74. The quantitative estimate of drug-likeness (QED) is 0.350. The van der Waals surface area contributed by atoms with Crippen LogP contribution in [0.3, 0.4) is 0 Å². The van der Waals surface area contributed by atoms with E-state index >= 15 is 0 Å². The summed E-state index contributed by atoms with van der Waals surface area (Å²) < 4.78 is 16.9. The molecular weight excluding hydrogens is 326 g/mol. The van der Waals surface area contributed by atoms with E-state index in [4.69, 9.17) is 25.8 Å². The summed E-state index contributed by atoms with van der Waals surface area (Å²) in [7, 11) is 0. The van der Waals surface area contributed by atoms with Crippen LogP contribution in [0.15, 0.2) is 42.6 Å². The molecule has 0 unspecified atom stereocenters. The average Bonchev–Trinajstić information content (AvgIpc) is 2.61. The summed E-state index contributed by atoms with van der Waals surface area (Å²) in [5.74, 6) is 0.742. The van der Waals surface area contributed by atoms with Crippen LogP contribution in [-0.2, 0) is 15.9 Å². The molecule has 0 saturated carbocycles. The molecular formula is C19H24ClNO3. The SMILES string of the molecule is CCOC(OCC)c1ccc(CCCOc2ccc(Cl)nc2)cc1. The second kappa shape index (κ2) is 10.3. The Balaban J connectivity index is 1.77. The lowest BCUT2D eigenvalue weighted by Crippen LogP contribution is -2.08. The summed E-state index contributed by atoms with van der Waals surface area (Å²) in [6.45, 7) is 5.84. The van der Waals surface area contributed by atoms with Crippen molar-refractivity contribution in [1.29, 1.82) is 0 Å². The normalized spacial score (nSPS) is 11.0. The first-order valence-electron chi connectivity index (χ1n) is 8.29. The number of hydrogen-bond acceptors (Lipinski definition) is 4. The van der Waals surface area contributed by atoms with Gasteiger partial charge in [-0.3, -0.25) is 0 Å². The van der Waals surface area contributed by atoms with Crippen molar-refractivity contribution in [2.24, 2.45) is 0 Å². The number of pyridine rings is 1. The minimum absolute atomic E-state index is 0.283. The third-order valence-corrected chi connectivity index (χ3v) is 3.69. The third-order valence-electron chi connectivity index (χ3n) is 3.47. The Kier molecular flexibility index (Phi) is 8.02. The zero-order valence-corrected chi connectivity index (χ0v) is 15.0. The Labute approximate surface area is 148 Å². The first kappa shape index (κ1) is 18.7. The van der Waals surface area contributed by atoms with Crippen molar-refractivity contribution >= 4 is 11.6 Å².